The SMILES string of the molecule is Fc1cccc(CNc2ccc(Cl)cc2C(F)(F)F)c1Br. The van der Waals surface area contributed by atoms with E-state index in [1.54, 1.807) is 6.07 Å². The summed E-state index contributed by atoms with van der Waals surface area (Å²) in [5.74, 6) is -0.471. The van der Waals surface area contributed by atoms with Crippen molar-refractivity contribution in [2.45, 2.75) is 12.7 Å². The van der Waals surface area contributed by atoms with E-state index in [0.29, 0.717) is 5.56 Å². The Morgan fingerprint density at radius 2 is 1.86 bits per heavy atom. The summed E-state index contributed by atoms with van der Waals surface area (Å²) in [4.78, 5) is 0. The van der Waals surface area contributed by atoms with E-state index in [1.165, 1.54) is 24.3 Å². The Labute approximate surface area is 132 Å². The number of nitrogens with one attached hydrogen (secondary N) is 1. The Bertz CT molecular complexity index is 658. The Balaban J connectivity index is 2.26. The molecule has 0 aliphatic heterocycles. The van der Waals surface area contributed by atoms with Gasteiger partial charge in [0.15, 0.2) is 0 Å². The minimum Gasteiger partial charge on any atom is -0.380 e. The van der Waals surface area contributed by atoms with Crippen LogP contribution in [0.5, 0.6) is 0 Å². The zero-order valence-electron chi connectivity index (χ0n) is 10.4. The van der Waals surface area contributed by atoms with Crippen LogP contribution < -0.4 is 5.32 Å². The van der Waals surface area contributed by atoms with E-state index < -0.39 is 17.6 Å². The van der Waals surface area contributed by atoms with Gasteiger partial charge in [-0.1, -0.05) is 23.7 Å². The first-order valence-corrected chi connectivity index (χ1v) is 6.99. The molecule has 0 aliphatic carbocycles. The lowest BCUT2D eigenvalue weighted by Gasteiger charge is -2.15. The molecule has 0 bridgehead atoms. The highest BCUT2D eigenvalue weighted by atomic mass is 79.9. The lowest BCUT2D eigenvalue weighted by Crippen LogP contribution is -2.11. The molecule has 2 rings (SSSR count). The summed E-state index contributed by atoms with van der Waals surface area (Å²) in [5, 5.41) is 2.66. The Morgan fingerprint density at radius 1 is 1.14 bits per heavy atom. The summed E-state index contributed by atoms with van der Waals surface area (Å²) >= 11 is 8.67. The number of anilines is 1. The van der Waals surface area contributed by atoms with Gasteiger partial charge in [-0.3, -0.25) is 0 Å². The summed E-state index contributed by atoms with van der Waals surface area (Å²) < 4.78 is 52.4. The second-order valence-electron chi connectivity index (χ2n) is 4.25. The van der Waals surface area contributed by atoms with Crippen molar-refractivity contribution >= 4 is 33.2 Å². The van der Waals surface area contributed by atoms with E-state index in [1.807, 2.05) is 0 Å². The highest BCUT2D eigenvalue weighted by Crippen LogP contribution is 2.36. The van der Waals surface area contributed by atoms with Crippen molar-refractivity contribution in [3.05, 3.63) is 62.8 Å². The second-order valence-corrected chi connectivity index (χ2v) is 5.48. The third-order valence-corrected chi connectivity index (χ3v) is 3.91. The van der Waals surface area contributed by atoms with Gasteiger partial charge in [-0.15, -0.1) is 0 Å². The van der Waals surface area contributed by atoms with Gasteiger partial charge in [-0.25, -0.2) is 4.39 Å². The molecule has 1 nitrogen and oxygen atoms in total. The molecule has 0 aliphatic rings. The molecule has 112 valence electrons. The number of rotatable bonds is 3. The molecule has 2 aromatic rings. The predicted octanol–water partition coefficient (Wildman–Crippen LogP) is 5.87. The highest BCUT2D eigenvalue weighted by Gasteiger charge is 2.33. The molecule has 7 heteroatoms. The van der Waals surface area contributed by atoms with Crippen LogP contribution in [0.2, 0.25) is 5.02 Å². The summed E-state index contributed by atoms with van der Waals surface area (Å²) in [5.41, 5.74) is -0.455. The topological polar surface area (TPSA) is 12.0 Å². The summed E-state index contributed by atoms with van der Waals surface area (Å²) in [6.07, 6.45) is -4.52. The number of alkyl halides is 3. The number of hydrogen-bond acceptors (Lipinski definition) is 1. The van der Waals surface area contributed by atoms with Crippen LogP contribution in [0.25, 0.3) is 0 Å². The number of hydrogen-bond donors (Lipinski definition) is 1. The van der Waals surface area contributed by atoms with Crippen molar-refractivity contribution in [2.75, 3.05) is 5.32 Å². The molecule has 2 aromatic carbocycles. The van der Waals surface area contributed by atoms with Gasteiger partial charge in [0.2, 0.25) is 0 Å². The molecule has 0 aromatic heterocycles. The van der Waals surface area contributed by atoms with E-state index in [0.717, 1.165) is 6.07 Å². The Kier molecular flexibility index (Phi) is 4.78. The molecule has 21 heavy (non-hydrogen) atoms. The Hall–Kier alpha value is -1.27. The van der Waals surface area contributed by atoms with Crippen LogP contribution in [0.15, 0.2) is 40.9 Å². The van der Waals surface area contributed by atoms with E-state index in [-0.39, 0.29) is 21.7 Å². The van der Waals surface area contributed by atoms with Gasteiger partial charge >= 0.3 is 6.18 Å². The zero-order chi connectivity index (χ0) is 15.6. The standard InChI is InChI=1S/C14H9BrClF4N/c15-13-8(2-1-3-11(13)17)7-21-12-5-4-9(16)6-10(12)14(18,19)20/h1-6,21H,7H2. The molecule has 0 saturated heterocycles. The lowest BCUT2D eigenvalue weighted by molar-refractivity contribution is -0.136. The summed E-state index contributed by atoms with van der Waals surface area (Å²) in [6, 6.07) is 7.83. The maximum Gasteiger partial charge on any atom is 0.418 e. The largest absolute Gasteiger partial charge is 0.418 e. The van der Waals surface area contributed by atoms with Gasteiger partial charge in [-0.05, 0) is 45.8 Å². The first kappa shape index (κ1) is 16.1. The average Bonchev–Trinajstić information content (AvgIpc) is 2.40. The van der Waals surface area contributed by atoms with Crippen molar-refractivity contribution in [2.24, 2.45) is 0 Å². The van der Waals surface area contributed by atoms with Crippen LogP contribution in [0.4, 0.5) is 23.2 Å². The minimum atomic E-state index is -4.52. The molecule has 0 atom stereocenters. The molecule has 0 unspecified atom stereocenters. The maximum atomic E-state index is 13.4. The molecular weight excluding hydrogens is 374 g/mol. The third-order valence-electron chi connectivity index (χ3n) is 2.79. The quantitative estimate of drug-likeness (QED) is 0.654. The summed E-state index contributed by atoms with van der Waals surface area (Å²) in [6.45, 7) is 0.0447. The van der Waals surface area contributed by atoms with Crippen LogP contribution in [0.1, 0.15) is 11.1 Å². The fourth-order valence-electron chi connectivity index (χ4n) is 1.78. The van der Waals surface area contributed by atoms with Gasteiger partial charge in [0.25, 0.3) is 0 Å². The van der Waals surface area contributed by atoms with Crippen LogP contribution >= 0.6 is 27.5 Å². The van der Waals surface area contributed by atoms with Crippen molar-refractivity contribution in [3.63, 3.8) is 0 Å². The smallest absolute Gasteiger partial charge is 0.380 e. The van der Waals surface area contributed by atoms with Gasteiger partial charge in [0, 0.05) is 17.3 Å². The molecule has 0 saturated carbocycles. The lowest BCUT2D eigenvalue weighted by atomic mass is 10.1. The molecule has 1 N–H and O–H groups in total. The van der Waals surface area contributed by atoms with Gasteiger partial charge in [0.1, 0.15) is 5.82 Å². The van der Waals surface area contributed by atoms with E-state index in [2.05, 4.69) is 21.2 Å². The average molecular weight is 383 g/mol. The van der Waals surface area contributed by atoms with Gasteiger partial charge in [-0.2, -0.15) is 13.2 Å². The predicted molar refractivity (Wildman–Crippen MR) is 77.9 cm³/mol. The normalized spacial score (nSPS) is 11.5. The van der Waals surface area contributed by atoms with Gasteiger partial charge in [0.05, 0.1) is 10.0 Å². The first-order valence-electron chi connectivity index (χ1n) is 5.82. The van der Waals surface area contributed by atoms with E-state index >= 15 is 0 Å². The van der Waals surface area contributed by atoms with Crippen molar-refractivity contribution in [1.29, 1.82) is 0 Å². The number of benzene rings is 2. The molecule has 0 heterocycles. The molecule has 0 radical (unpaired) electrons. The third kappa shape index (κ3) is 3.89. The van der Waals surface area contributed by atoms with E-state index in [9.17, 15) is 17.6 Å². The Morgan fingerprint density at radius 3 is 2.52 bits per heavy atom. The zero-order valence-corrected chi connectivity index (χ0v) is 12.8. The van der Waals surface area contributed by atoms with Crippen molar-refractivity contribution in [1.82, 2.24) is 0 Å². The molecule has 0 amide bonds. The van der Waals surface area contributed by atoms with Crippen molar-refractivity contribution in [3.8, 4) is 0 Å². The molecule has 0 spiro atoms. The van der Waals surface area contributed by atoms with Crippen LogP contribution in [-0.4, -0.2) is 0 Å². The van der Waals surface area contributed by atoms with Crippen LogP contribution in [-0.2, 0) is 12.7 Å². The highest BCUT2D eigenvalue weighted by molar-refractivity contribution is 9.10. The maximum absolute atomic E-state index is 13.4. The van der Waals surface area contributed by atoms with Crippen LogP contribution in [0, 0.1) is 5.82 Å². The molecular formula is C14H9BrClF4N. The minimum absolute atomic E-state index is 0.000175. The fourth-order valence-corrected chi connectivity index (χ4v) is 2.36. The van der Waals surface area contributed by atoms with Gasteiger partial charge < -0.3 is 5.32 Å². The molecule has 0 fully saturated rings. The monoisotopic (exact) mass is 381 g/mol. The second kappa shape index (κ2) is 6.23. The summed E-state index contributed by atoms with van der Waals surface area (Å²) in [7, 11) is 0. The van der Waals surface area contributed by atoms with Crippen LogP contribution in [0.3, 0.4) is 0 Å². The first-order chi connectivity index (χ1) is 9.79. The fraction of sp³-hybridized carbons (Fsp3) is 0.143. The number of halogens is 6. The van der Waals surface area contributed by atoms with E-state index in [4.69, 9.17) is 11.6 Å². The van der Waals surface area contributed by atoms with Crippen molar-refractivity contribution < 1.29 is 17.6 Å².